The van der Waals surface area contributed by atoms with Crippen molar-refractivity contribution in [2.24, 2.45) is 11.7 Å². The molecule has 1 fully saturated rings. The van der Waals surface area contributed by atoms with Crippen LogP contribution in [0.2, 0.25) is 0 Å². The zero-order chi connectivity index (χ0) is 12.5. The van der Waals surface area contributed by atoms with E-state index < -0.39 is 11.7 Å². The van der Waals surface area contributed by atoms with Crippen LogP contribution in [0.3, 0.4) is 0 Å². The van der Waals surface area contributed by atoms with Gasteiger partial charge in [0.25, 0.3) is 0 Å². The van der Waals surface area contributed by atoms with Crippen LogP contribution in [0.1, 0.15) is 18.4 Å². The van der Waals surface area contributed by atoms with Gasteiger partial charge in [-0.2, -0.15) is 13.2 Å². The zero-order valence-corrected chi connectivity index (χ0v) is 9.17. The van der Waals surface area contributed by atoms with Gasteiger partial charge in [-0.15, -0.1) is 0 Å². The lowest BCUT2D eigenvalue weighted by atomic mass is 9.81. The molecule has 1 aliphatic rings. The summed E-state index contributed by atoms with van der Waals surface area (Å²) in [6.45, 7) is 0.494. The molecule has 0 unspecified atom stereocenters. The van der Waals surface area contributed by atoms with Crippen LogP contribution in [0, 0.1) is 5.92 Å². The Kier molecular flexibility index (Phi) is 3.24. The summed E-state index contributed by atoms with van der Waals surface area (Å²) in [5.74, 6) is 0.258. The number of pyridine rings is 1. The summed E-state index contributed by atoms with van der Waals surface area (Å²) < 4.78 is 37.9. The minimum atomic E-state index is -4.37. The maximum Gasteiger partial charge on any atom is 0.419 e. The highest BCUT2D eigenvalue weighted by molar-refractivity contribution is 5.45. The van der Waals surface area contributed by atoms with Crippen molar-refractivity contribution in [1.82, 2.24) is 4.98 Å². The summed E-state index contributed by atoms with van der Waals surface area (Å²) in [4.78, 5) is 3.73. The second-order valence-corrected chi connectivity index (χ2v) is 4.38. The lowest BCUT2D eigenvalue weighted by molar-refractivity contribution is -0.137. The van der Waals surface area contributed by atoms with E-state index >= 15 is 0 Å². The first-order valence-electron chi connectivity index (χ1n) is 5.48. The summed E-state index contributed by atoms with van der Waals surface area (Å²) in [7, 11) is 0. The van der Waals surface area contributed by atoms with Crippen molar-refractivity contribution in [3.8, 4) is 0 Å². The molecule has 0 saturated heterocycles. The molecule has 0 atom stereocenters. The second-order valence-electron chi connectivity index (χ2n) is 4.38. The summed E-state index contributed by atoms with van der Waals surface area (Å²) >= 11 is 0. The van der Waals surface area contributed by atoms with Gasteiger partial charge < -0.3 is 11.1 Å². The highest BCUT2D eigenvalue weighted by Gasteiger charge is 2.34. The molecular formula is C11H14F3N3. The summed E-state index contributed by atoms with van der Waals surface area (Å²) in [6, 6.07) is 2.52. The van der Waals surface area contributed by atoms with E-state index in [0.29, 0.717) is 12.5 Å². The van der Waals surface area contributed by atoms with E-state index in [1.165, 1.54) is 12.3 Å². The average Bonchev–Trinajstić information content (AvgIpc) is 2.22. The maximum atomic E-state index is 12.6. The van der Waals surface area contributed by atoms with Crippen LogP contribution >= 0.6 is 0 Å². The van der Waals surface area contributed by atoms with Crippen LogP contribution in [0.5, 0.6) is 0 Å². The van der Waals surface area contributed by atoms with E-state index in [1.807, 2.05) is 0 Å². The van der Waals surface area contributed by atoms with Crippen LogP contribution in [0.15, 0.2) is 18.3 Å². The van der Waals surface area contributed by atoms with E-state index in [1.54, 1.807) is 0 Å². The summed E-state index contributed by atoms with van der Waals surface area (Å²) in [5.41, 5.74) is 4.89. The first-order valence-corrected chi connectivity index (χ1v) is 5.48. The Bertz CT molecular complexity index is 386. The van der Waals surface area contributed by atoms with Crippen molar-refractivity contribution in [2.45, 2.75) is 25.1 Å². The van der Waals surface area contributed by atoms with Gasteiger partial charge in [0.2, 0.25) is 0 Å². The third kappa shape index (κ3) is 2.88. The third-order valence-electron chi connectivity index (χ3n) is 2.94. The monoisotopic (exact) mass is 245 g/mol. The molecule has 0 spiro atoms. The Balaban J connectivity index is 2.00. The van der Waals surface area contributed by atoms with Gasteiger partial charge >= 0.3 is 6.18 Å². The lowest BCUT2D eigenvalue weighted by Crippen LogP contribution is -2.39. The number of nitrogens with zero attached hydrogens (tertiary/aromatic N) is 1. The molecule has 0 aromatic carbocycles. The van der Waals surface area contributed by atoms with Crippen molar-refractivity contribution in [1.29, 1.82) is 0 Å². The number of nitrogens with one attached hydrogen (secondary N) is 1. The van der Waals surface area contributed by atoms with Crippen molar-refractivity contribution in [3.05, 3.63) is 23.9 Å². The van der Waals surface area contributed by atoms with Gasteiger partial charge in [-0.3, -0.25) is 0 Å². The summed E-state index contributed by atoms with van der Waals surface area (Å²) in [6.07, 6.45) is -1.29. The Morgan fingerprint density at radius 1 is 1.41 bits per heavy atom. The second kappa shape index (κ2) is 4.52. The van der Waals surface area contributed by atoms with Crippen molar-refractivity contribution in [2.75, 3.05) is 11.9 Å². The molecule has 0 radical (unpaired) electrons. The Morgan fingerprint density at radius 3 is 2.71 bits per heavy atom. The van der Waals surface area contributed by atoms with Crippen molar-refractivity contribution < 1.29 is 13.2 Å². The van der Waals surface area contributed by atoms with Crippen LogP contribution in [-0.2, 0) is 6.18 Å². The van der Waals surface area contributed by atoms with Gasteiger partial charge in [0.1, 0.15) is 5.82 Å². The van der Waals surface area contributed by atoms with Crippen LogP contribution in [0.4, 0.5) is 19.0 Å². The highest BCUT2D eigenvalue weighted by Crippen LogP contribution is 2.34. The molecular weight excluding hydrogens is 231 g/mol. The molecule has 1 aliphatic carbocycles. The molecule has 1 aromatic heterocycles. The fourth-order valence-electron chi connectivity index (χ4n) is 1.97. The molecule has 0 amide bonds. The van der Waals surface area contributed by atoms with Gasteiger partial charge in [-0.1, -0.05) is 0 Å². The molecule has 0 bridgehead atoms. The molecule has 94 valence electrons. The Hall–Kier alpha value is -1.30. The fraction of sp³-hybridized carbons (Fsp3) is 0.545. The number of rotatable bonds is 3. The minimum Gasteiger partial charge on any atom is -0.369 e. The standard InChI is InChI=1S/C11H14F3N3/c12-11(13,14)9-2-1-3-16-10(9)17-6-7-4-8(15)5-7/h1-3,7-8H,4-6,15H2,(H,16,17). The van der Waals surface area contributed by atoms with Gasteiger partial charge in [0, 0.05) is 18.8 Å². The first-order chi connectivity index (χ1) is 7.97. The third-order valence-corrected chi connectivity index (χ3v) is 2.94. The molecule has 1 aromatic rings. The largest absolute Gasteiger partial charge is 0.419 e. The Morgan fingerprint density at radius 2 is 2.12 bits per heavy atom. The Labute approximate surface area is 97.2 Å². The zero-order valence-electron chi connectivity index (χ0n) is 9.17. The predicted octanol–water partition coefficient (Wildman–Crippen LogP) is 2.25. The predicted molar refractivity (Wildman–Crippen MR) is 58.4 cm³/mol. The van der Waals surface area contributed by atoms with E-state index in [4.69, 9.17) is 5.73 Å². The van der Waals surface area contributed by atoms with Crippen LogP contribution < -0.4 is 11.1 Å². The first kappa shape index (κ1) is 12.2. The molecule has 3 N–H and O–H groups in total. The topological polar surface area (TPSA) is 50.9 Å². The van der Waals surface area contributed by atoms with Crippen molar-refractivity contribution >= 4 is 5.82 Å². The number of aromatic nitrogens is 1. The minimum absolute atomic E-state index is 0.0968. The molecule has 1 heterocycles. The quantitative estimate of drug-likeness (QED) is 0.858. The fourth-order valence-corrected chi connectivity index (χ4v) is 1.97. The van der Waals surface area contributed by atoms with Gasteiger partial charge in [-0.05, 0) is 30.9 Å². The molecule has 0 aliphatic heterocycles. The highest BCUT2D eigenvalue weighted by atomic mass is 19.4. The molecule has 2 rings (SSSR count). The number of anilines is 1. The number of hydrogen-bond acceptors (Lipinski definition) is 3. The maximum absolute atomic E-state index is 12.6. The number of halogens is 3. The SMILES string of the molecule is NC1CC(CNc2ncccc2C(F)(F)F)C1. The smallest absolute Gasteiger partial charge is 0.369 e. The van der Waals surface area contributed by atoms with E-state index in [0.717, 1.165) is 18.9 Å². The van der Waals surface area contributed by atoms with Crippen LogP contribution in [-0.4, -0.2) is 17.6 Å². The molecule has 1 saturated carbocycles. The van der Waals surface area contributed by atoms with E-state index in [-0.39, 0.29) is 11.9 Å². The van der Waals surface area contributed by atoms with E-state index in [9.17, 15) is 13.2 Å². The average molecular weight is 245 g/mol. The number of hydrogen-bond donors (Lipinski definition) is 2. The molecule has 17 heavy (non-hydrogen) atoms. The lowest BCUT2D eigenvalue weighted by Gasteiger charge is -2.32. The molecule has 6 heteroatoms. The normalized spacial score (nSPS) is 24.2. The van der Waals surface area contributed by atoms with Crippen LogP contribution in [0.25, 0.3) is 0 Å². The summed E-state index contributed by atoms with van der Waals surface area (Å²) in [5, 5.41) is 2.76. The van der Waals surface area contributed by atoms with Gasteiger partial charge in [0.05, 0.1) is 5.56 Å². The molecule has 3 nitrogen and oxygen atoms in total. The van der Waals surface area contributed by atoms with Gasteiger partial charge in [-0.25, -0.2) is 4.98 Å². The number of nitrogens with two attached hydrogens (primary N) is 1. The van der Waals surface area contributed by atoms with E-state index in [2.05, 4.69) is 10.3 Å². The van der Waals surface area contributed by atoms with Crippen molar-refractivity contribution in [3.63, 3.8) is 0 Å². The van der Waals surface area contributed by atoms with Gasteiger partial charge in [0.15, 0.2) is 0 Å². The number of alkyl halides is 3.